The van der Waals surface area contributed by atoms with Gasteiger partial charge in [0, 0.05) is 11.8 Å². The van der Waals surface area contributed by atoms with Gasteiger partial charge in [-0.15, -0.1) is 0 Å². The van der Waals surface area contributed by atoms with Crippen LogP contribution in [0.15, 0.2) is 34.8 Å². The Hall–Kier alpha value is -1.53. The average Bonchev–Trinajstić information content (AvgIpc) is 2.69. The first-order chi connectivity index (χ1) is 9.47. The minimum Gasteiger partial charge on any atom is -0.330 e. The monoisotopic (exact) mass is 354 g/mol. The van der Waals surface area contributed by atoms with Crippen LogP contribution in [-0.2, 0) is 0 Å². The number of hydrogen-bond donors (Lipinski definition) is 1. The number of nitrogens with one attached hydrogen (secondary N) is 1. The fourth-order valence-electron chi connectivity index (χ4n) is 2.13. The molecule has 0 saturated carbocycles. The molecule has 0 aliphatic heterocycles. The lowest BCUT2D eigenvalue weighted by Gasteiger charge is -2.06. The first-order valence-electron chi connectivity index (χ1n) is 5.83. The van der Waals surface area contributed by atoms with E-state index in [1.807, 2.05) is 0 Å². The summed E-state index contributed by atoms with van der Waals surface area (Å²) in [5.41, 5.74) is 2.53. The quantitative estimate of drug-likeness (QED) is 0.607. The van der Waals surface area contributed by atoms with Gasteiger partial charge in [-0.1, -0.05) is 0 Å². The van der Waals surface area contributed by atoms with E-state index in [1.54, 1.807) is 29.7 Å². The van der Waals surface area contributed by atoms with E-state index in [4.69, 9.17) is 12.2 Å². The zero-order chi connectivity index (χ0) is 14.4. The molecule has 0 radical (unpaired) electrons. The molecule has 1 aromatic heterocycles. The van der Waals surface area contributed by atoms with E-state index >= 15 is 0 Å². The van der Waals surface area contributed by atoms with Crippen molar-refractivity contribution >= 4 is 39.2 Å². The molecule has 1 N–H and O–H groups in total. The summed E-state index contributed by atoms with van der Waals surface area (Å²) in [6, 6.07) is 7.70. The van der Waals surface area contributed by atoms with Crippen LogP contribution in [0.2, 0.25) is 0 Å². The second-order valence-corrected chi connectivity index (χ2v) is 5.72. The van der Waals surface area contributed by atoms with Crippen molar-refractivity contribution in [3.63, 3.8) is 0 Å². The summed E-state index contributed by atoms with van der Waals surface area (Å²) < 4.78 is 29.6. The number of nitrogens with zero attached hydrogens (tertiary/aromatic N) is 1. The number of aryl methyl sites for hydroxylation is 1. The summed E-state index contributed by atoms with van der Waals surface area (Å²) in [4.78, 5) is 3.02. The molecule has 0 aliphatic carbocycles. The standard InChI is InChI=1S/C14H9BrF2N2S/c1-7-4-8(2-3-10(7)16)19-13-6-11(17)9(15)5-12(13)18-14(19)20/h2-6H,1H3,(H,18,20). The smallest absolute Gasteiger partial charge is 0.182 e. The topological polar surface area (TPSA) is 20.7 Å². The second kappa shape index (κ2) is 4.79. The summed E-state index contributed by atoms with van der Waals surface area (Å²) in [6.07, 6.45) is 0. The van der Waals surface area contributed by atoms with E-state index in [0.717, 1.165) is 0 Å². The zero-order valence-corrected chi connectivity index (χ0v) is 12.8. The van der Waals surface area contributed by atoms with Gasteiger partial charge in [-0.2, -0.15) is 0 Å². The number of aromatic nitrogens is 2. The molecule has 0 bridgehead atoms. The number of rotatable bonds is 1. The van der Waals surface area contributed by atoms with Crippen molar-refractivity contribution in [2.45, 2.75) is 6.92 Å². The molecule has 0 fully saturated rings. The number of H-pyrrole nitrogens is 1. The van der Waals surface area contributed by atoms with E-state index in [-0.39, 0.29) is 11.6 Å². The lowest BCUT2D eigenvalue weighted by atomic mass is 10.2. The number of benzene rings is 2. The summed E-state index contributed by atoms with van der Waals surface area (Å²) in [5, 5.41) is 0. The molecule has 102 valence electrons. The summed E-state index contributed by atoms with van der Waals surface area (Å²) in [6.45, 7) is 1.68. The minimum atomic E-state index is -0.376. The van der Waals surface area contributed by atoms with E-state index in [0.29, 0.717) is 31.5 Å². The van der Waals surface area contributed by atoms with E-state index in [2.05, 4.69) is 20.9 Å². The van der Waals surface area contributed by atoms with Gasteiger partial charge in [0.1, 0.15) is 11.6 Å². The molecule has 3 rings (SSSR count). The first-order valence-corrected chi connectivity index (χ1v) is 7.04. The molecule has 0 spiro atoms. The van der Waals surface area contributed by atoms with Crippen molar-refractivity contribution in [3.8, 4) is 5.69 Å². The van der Waals surface area contributed by atoms with Crippen molar-refractivity contribution < 1.29 is 8.78 Å². The Morgan fingerprint density at radius 3 is 2.60 bits per heavy atom. The third kappa shape index (κ3) is 2.09. The van der Waals surface area contributed by atoms with Crippen LogP contribution in [0.5, 0.6) is 0 Å². The van der Waals surface area contributed by atoms with Crippen molar-refractivity contribution in [2.75, 3.05) is 0 Å². The number of aromatic amines is 1. The van der Waals surface area contributed by atoms with Gasteiger partial charge >= 0.3 is 0 Å². The molecule has 2 nitrogen and oxygen atoms in total. The van der Waals surface area contributed by atoms with Gasteiger partial charge in [0.25, 0.3) is 0 Å². The highest BCUT2D eigenvalue weighted by molar-refractivity contribution is 9.10. The lowest BCUT2D eigenvalue weighted by Crippen LogP contribution is -1.96. The summed E-state index contributed by atoms with van der Waals surface area (Å²) in [5.74, 6) is -0.659. The maximum absolute atomic E-state index is 13.7. The molecule has 2 aromatic carbocycles. The Kier molecular flexibility index (Phi) is 3.22. The van der Waals surface area contributed by atoms with Crippen LogP contribution in [0.25, 0.3) is 16.7 Å². The molecule has 20 heavy (non-hydrogen) atoms. The van der Waals surface area contributed by atoms with Crippen molar-refractivity contribution in [2.24, 2.45) is 0 Å². The maximum atomic E-state index is 13.7. The molecule has 0 atom stereocenters. The Bertz CT molecular complexity index is 883. The van der Waals surface area contributed by atoms with Crippen LogP contribution in [0.1, 0.15) is 5.56 Å². The second-order valence-electron chi connectivity index (χ2n) is 4.48. The molecule has 6 heteroatoms. The fourth-order valence-corrected chi connectivity index (χ4v) is 2.78. The highest BCUT2D eigenvalue weighted by atomic mass is 79.9. The number of imidazole rings is 1. The first kappa shape index (κ1) is 13.5. The molecule has 3 aromatic rings. The lowest BCUT2D eigenvalue weighted by molar-refractivity contribution is 0.617. The van der Waals surface area contributed by atoms with Gasteiger partial charge < -0.3 is 4.98 Å². The summed E-state index contributed by atoms with van der Waals surface area (Å²) >= 11 is 8.41. The van der Waals surface area contributed by atoms with Crippen LogP contribution < -0.4 is 0 Å². The van der Waals surface area contributed by atoms with E-state index in [1.165, 1.54) is 12.1 Å². The molecule has 0 aliphatic rings. The molecular formula is C14H9BrF2N2S. The maximum Gasteiger partial charge on any atom is 0.182 e. The summed E-state index contributed by atoms with van der Waals surface area (Å²) in [7, 11) is 0. The van der Waals surface area contributed by atoms with Crippen molar-refractivity contribution in [3.05, 3.63) is 56.8 Å². The van der Waals surface area contributed by atoms with Gasteiger partial charge in [-0.25, -0.2) is 8.78 Å². The Balaban J connectivity index is 2.35. The highest BCUT2D eigenvalue weighted by Gasteiger charge is 2.11. The van der Waals surface area contributed by atoms with Gasteiger partial charge in [0.05, 0.1) is 15.5 Å². The van der Waals surface area contributed by atoms with Crippen LogP contribution >= 0.6 is 28.1 Å². The average molecular weight is 355 g/mol. The Morgan fingerprint density at radius 2 is 1.90 bits per heavy atom. The fraction of sp³-hybridized carbons (Fsp3) is 0.0714. The highest BCUT2D eigenvalue weighted by Crippen LogP contribution is 2.26. The van der Waals surface area contributed by atoms with Gasteiger partial charge in [-0.3, -0.25) is 4.57 Å². The Morgan fingerprint density at radius 1 is 1.15 bits per heavy atom. The normalized spacial score (nSPS) is 11.2. The largest absolute Gasteiger partial charge is 0.330 e. The van der Waals surface area contributed by atoms with Gasteiger partial charge in [0.2, 0.25) is 0 Å². The molecule has 1 heterocycles. The van der Waals surface area contributed by atoms with Crippen LogP contribution in [0.3, 0.4) is 0 Å². The third-order valence-corrected chi connectivity index (χ3v) is 4.02. The number of halogens is 3. The van der Waals surface area contributed by atoms with E-state index in [9.17, 15) is 8.78 Å². The number of hydrogen-bond acceptors (Lipinski definition) is 1. The predicted molar refractivity (Wildman–Crippen MR) is 80.8 cm³/mol. The third-order valence-electron chi connectivity index (χ3n) is 3.12. The minimum absolute atomic E-state index is 0.283. The number of fused-ring (bicyclic) bond motifs is 1. The molecular weight excluding hydrogens is 346 g/mol. The SMILES string of the molecule is Cc1cc(-n2c(=S)[nH]c3cc(Br)c(F)cc32)ccc1F. The van der Waals surface area contributed by atoms with Gasteiger partial charge in [-0.05, 0) is 64.9 Å². The van der Waals surface area contributed by atoms with Crippen LogP contribution in [0.4, 0.5) is 8.78 Å². The van der Waals surface area contributed by atoms with E-state index < -0.39 is 0 Å². The molecule has 0 saturated heterocycles. The van der Waals surface area contributed by atoms with Crippen LogP contribution in [0, 0.1) is 23.3 Å². The van der Waals surface area contributed by atoms with Crippen molar-refractivity contribution in [1.29, 1.82) is 0 Å². The van der Waals surface area contributed by atoms with Crippen molar-refractivity contribution in [1.82, 2.24) is 9.55 Å². The Labute approximate surface area is 127 Å². The zero-order valence-electron chi connectivity index (χ0n) is 10.4. The van der Waals surface area contributed by atoms with Gasteiger partial charge in [0.15, 0.2) is 4.77 Å². The predicted octanol–water partition coefficient (Wildman–Crippen LogP) is 5.04. The molecule has 0 amide bonds. The van der Waals surface area contributed by atoms with Crippen LogP contribution in [-0.4, -0.2) is 9.55 Å². The molecule has 0 unspecified atom stereocenters.